The fraction of sp³-hybridized carbons (Fsp3) is 0.412. The largest absolute Gasteiger partial charge is 0.294 e. The van der Waals surface area contributed by atoms with Crippen LogP contribution in [0.4, 0.5) is 0 Å². The van der Waals surface area contributed by atoms with Crippen LogP contribution < -0.4 is 0 Å². The molecule has 2 aromatic rings. The van der Waals surface area contributed by atoms with E-state index in [0.717, 1.165) is 41.4 Å². The van der Waals surface area contributed by atoms with Crippen molar-refractivity contribution in [3.05, 3.63) is 40.6 Å². The summed E-state index contributed by atoms with van der Waals surface area (Å²) in [5.41, 5.74) is 5.53. The van der Waals surface area contributed by atoms with Gasteiger partial charge >= 0.3 is 0 Å². The number of Topliss-reactive ketones (excluding diaryl/α,β-unsaturated/α-hetero) is 1. The molecule has 0 aliphatic heterocycles. The van der Waals surface area contributed by atoms with Crippen molar-refractivity contribution in [2.75, 3.05) is 0 Å². The summed E-state index contributed by atoms with van der Waals surface area (Å²) in [6.45, 7) is 6.03. The van der Waals surface area contributed by atoms with E-state index in [1.807, 2.05) is 12.1 Å². The van der Waals surface area contributed by atoms with Crippen LogP contribution in [0.25, 0.3) is 10.9 Å². The molecular weight excluding hydrogens is 234 g/mol. The summed E-state index contributed by atoms with van der Waals surface area (Å²) < 4.78 is 0. The first-order valence-corrected chi connectivity index (χ1v) is 7.05. The van der Waals surface area contributed by atoms with E-state index in [0.29, 0.717) is 5.92 Å². The highest BCUT2D eigenvalue weighted by molar-refractivity contribution is 6.08. The number of benzene rings is 1. The van der Waals surface area contributed by atoms with Gasteiger partial charge in [0, 0.05) is 16.6 Å². The molecule has 0 atom stereocenters. The number of carbonyl (C=O) groups excluding carboxylic acids is 1. The van der Waals surface area contributed by atoms with Crippen molar-refractivity contribution in [1.29, 1.82) is 0 Å². The van der Waals surface area contributed by atoms with Gasteiger partial charge in [-0.25, -0.2) is 0 Å². The molecule has 1 aliphatic rings. The predicted octanol–water partition coefficient (Wildman–Crippen LogP) is 4.05. The minimum absolute atomic E-state index is 0.173. The average molecular weight is 253 g/mol. The van der Waals surface area contributed by atoms with Crippen LogP contribution in [0.5, 0.6) is 0 Å². The Kier molecular flexibility index (Phi) is 2.89. The summed E-state index contributed by atoms with van der Waals surface area (Å²) in [7, 11) is 0. The third-order valence-corrected chi connectivity index (χ3v) is 4.05. The zero-order valence-corrected chi connectivity index (χ0v) is 11.8. The molecule has 0 saturated heterocycles. The smallest absolute Gasteiger partial charge is 0.160 e. The third kappa shape index (κ3) is 1.86. The highest BCUT2D eigenvalue weighted by atomic mass is 16.1. The van der Waals surface area contributed by atoms with Crippen molar-refractivity contribution < 1.29 is 4.79 Å². The maximum absolute atomic E-state index is 12.1. The molecule has 1 aromatic heterocycles. The third-order valence-electron chi connectivity index (χ3n) is 4.05. The van der Waals surface area contributed by atoms with Gasteiger partial charge in [0.15, 0.2) is 5.78 Å². The number of fused-ring (bicyclic) bond motifs is 2. The number of ketones is 1. The van der Waals surface area contributed by atoms with Gasteiger partial charge in [0.05, 0.1) is 5.52 Å². The van der Waals surface area contributed by atoms with Crippen molar-refractivity contribution >= 4 is 16.7 Å². The van der Waals surface area contributed by atoms with Crippen LogP contribution in [0, 0.1) is 0 Å². The van der Waals surface area contributed by atoms with Gasteiger partial charge in [-0.1, -0.05) is 32.0 Å². The molecule has 3 rings (SSSR count). The number of aromatic nitrogens is 1. The highest BCUT2D eigenvalue weighted by Crippen LogP contribution is 2.33. The van der Waals surface area contributed by atoms with Crippen molar-refractivity contribution in [2.24, 2.45) is 0 Å². The predicted molar refractivity (Wildman–Crippen MR) is 77.9 cm³/mol. The number of para-hydroxylation sites is 1. The van der Waals surface area contributed by atoms with Gasteiger partial charge in [-0.3, -0.25) is 9.78 Å². The average Bonchev–Trinajstić information content (AvgIpc) is 2.81. The van der Waals surface area contributed by atoms with Crippen LogP contribution in [-0.2, 0) is 12.8 Å². The number of rotatable bonds is 2. The van der Waals surface area contributed by atoms with Gasteiger partial charge in [-0.15, -0.1) is 0 Å². The van der Waals surface area contributed by atoms with E-state index in [1.165, 1.54) is 11.1 Å². The van der Waals surface area contributed by atoms with Crippen LogP contribution in [0.3, 0.4) is 0 Å². The number of carbonyl (C=O) groups is 1. The van der Waals surface area contributed by atoms with Gasteiger partial charge in [0.1, 0.15) is 0 Å². The van der Waals surface area contributed by atoms with Crippen LogP contribution in [-0.4, -0.2) is 10.8 Å². The van der Waals surface area contributed by atoms with Crippen molar-refractivity contribution in [2.45, 2.75) is 46.0 Å². The molecule has 0 amide bonds. The van der Waals surface area contributed by atoms with Crippen LogP contribution in [0.2, 0.25) is 0 Å². The molecule has 0 spiro atoms. The second-order valence-electron chi connectivity index (χ2n) is 5.72. The zero-order chi connectivity index (χ0) is 13.6. The monoisotopic (exact) mass is 253 g/mol. The fourth-order valence-electron chi connectivity index (χ4n) is 3.17. The Morgan fingerprint density at radius 1 is 1.26 bits per heavy atom. The van der Waals surface area contributed by atoms with Gasteiger partial charge in [-0.2, -0.15) is 0 Å². The lowest BCUT2D eigenvalue weighted by Gasteiger charge is -2.14. The lowest BCUT2D eigenvalue weighted by Crippen LogP contribution is -2.05. The first kappa shape index (κ1) is 12.3. The Balaban J connectivity index is 2.44. The Labute approximate surface area is 113 Å². The summed E-state index contributed by atoms with van der Waals surface area (Å²) in [6.07, 6.45) is 3.13. The van der Waals surface area contributed by atoms with E-state index < -0.39 is 0 Å². The molecule has 1 aromatic carbocycles. The molecule has 1 heterocycles. The van der Waals surface area contributed by atoms with Gasteiger partial charge < -0.3 is 0 Å². The Morgan fingerprint density at radius 2 is 2.05 bits per heavy atom. The molecule has 2 nitrogen and oxygen atoms in total. The molecule has 0 saturated carbocycles. The molecule has 0 unspecified atom stereocenters. The van der Waals surface area contributed by atoms with E-state index in [-0.39, 0.29) is 5.78 Å². The Bertz CT molecular complexity index is 671. The maximum atomic E-state index is 12.1. The summed E-state index contributed by atoms with van der Waals surface area (Å²) >= 11 is 0. The van der Waals surface area contributed by atoms with Crippen LogP contribution in [0.1, 0.15) is 60.3 Å². The first-order valence-electron chi connectivity index (χ1n) is 7.05. The number of hydrogen-bond donors (Lipinski definition) is 0. The van der Waals surface area contributed by atoms with Gasteiger partial charge in [-0.05, 0) is 43.2 Å². The summed E-state index contributed by atoms with van der Waals surface area (Å²) in [6, 6.07) is 6.22. The zero-order valence-electron chi connectivity index (χ0n) is 11.8. The molecule has 2 heteroatoms. The lowest BCUT2D eigenvalue weighted by atomic mass is 9.93. The normalized spacial score (nSPS) is 14.1. The van der Waals surface area contributed by atoms with E-state index in [9.17, 15) is 4.79 Å². The number of nitrogens with zero attached hydrogens (tertiary/aromatic N) is 1. The minimum atomic E-state index is 0.173. The van der Waals surface area contributed by atoms with E-state index in [1.54, 1.807) is 6.92 Å². The number of pyridine rings is 1. The lowest BCUT2D eigenvalue weighted by molar-refractivity contribution is 0.101. The van der Waals surface area contributed by atoms with Gasteiger partial charge in [0.25, 0.3) is 0 Å². The quantitative estimate of drug-likeness (QED) is 0.756. The summed E-state index contributed by atoms with van der Waals surface area (Å²) in [4.78, 5) is 16.9. The van der Waals surface area contributed by atoms with Crippen LogP contribution >= 0.6 is 0 Å². The number of hydrogen-bond acceptors (Lipinski definition) is 2. The molecule has 19 heavy (non-hydrogen) atoms. The topological polar surface area (TPSA) is 30.0 Å². The SMILES string of the molecule is CC(=O)c1c2c(nc3c(C(C)C)cccc13)CCC2. The second kappa shape index (κ2) is 4.44. The standard InChI is InChI=1S/C17H19NO/c1-10(2)12-6-4-8-14-16(11(3)19)13-7-5-9-15(13)18-17(12)14/h4,6,8,10H,5,7,9H2,1-3H3. The van der Waals surface area contributed by atoms with E-state index >= 15 is 0 Å². The first-order chi connectivity index (χ1) is 9.09. The maximum Gasteiger partial charge on any atom is 0.160 e. The van der Waals surface area contributed by atoms with E-state index in [2.05, 4.69) is 19.9 Å². The highest BCUT2D eigenvalue weighted by Gasteiger charge is 2.23. The molecule has 0 N–H and O–H groups in total. The fourth-order valence-corrected chi connectivity index (χ4v) is 3.17. The van der Waals surface area contributed by atoms with Crippen molar-refractivity contribution in [3.63, 3.8) is 0 Å². The summed E-state index contributed by atoms with van der Waals surface area (Å²) in [5.74, 6) is 0.599. The minimum Gasteiger partial charge on any atom is -0.294 e. The Morgan fingerprint density at radius 3 is 2.74 bits per heavy atom. The van der Waals surface area contributed by atoms with E-state index in [4.69, 9.17) is 4.98 Å². The molecule has 98 valence electrons. The van der Waals surface area contributed by atoms with Crippen LogP contribution in [0.15, 0.2) is 18.2 Å². The molecule has 0 radical (unpaired) electrons. The van der Waals surface area contributed by atoms with Crippen molar-refractivity contribution in [1.82, 2.24) is 4.98 Å². The molecular formula is C17H19NO. The van der Waals surface area contributed by atoms with Gasteiger partial charge in [0.2, 0.25) is 0 Å². The molecule has 0 fully saturated rings. The Hall–Kier alpha value is -1.70. The second-order valence-corrected chi connectivity index (χ2v) is 5.72. The molecule has 0 bridgehead atoms. The molecule has 1 aliphatic carbocycles. The summed E-state index contributed by atoms with van der Waals surface area (Å²) in [5, 5.41) is 1.04. The number of aryl methyl sites for hydroxylation is 1. The van der Waals surface area contributed by atoms with Crippen molar-refractivity contribution in [3.8, 4) is 0 Å².